The van der Waals surface area contributed by atoms with Crippen molar-refractivity contribution in [2.24, 2.45) is 0 Å². The lowest BCUT2D eigenvalue weighted by atomic mass is 10.1. The van der Waals surface area contributed by atoms with E-state index in [1.807, 2.05) is 0 Å². The number of nitrogens with two attached hydrogens (primary N) is 1. The number of anilines is 1. The summed E-state index contributed by atoms with van der Waals surface area (Å²) >= 11 is 1.07. The summed E-state index contributed by atoms with van der Waals surface area (Å²) in [5.74, 6) is -0.640. The monoisotopic (exact) mass is 294 g/mol. The predicted octanol–water partition coefficient (Wildman–Crippen LogP) is 3.52. The highest BCUT2D eigenvalue weighted by Crippen LogP contribution is 2.26. The molecule has 0 spiro atoms. The highest BCUT2D eigenvalue weighted by Gasteiger charge is 2.36. The molecule has 3 nitrogen and oxygen atoms in total. The van der Waals surface area contributed by atoms with Crippen LogP contribution in [0.1, 0.15) is 36.4 Å². The predicted molar refractivity (Wildman–Crippen MR) is 70.2 cm³/mol. The molecule has 0 aromatic carbocycles. The highest BCUT2D eigenvalue weighted by molar-refractivity contribution is 7.12. The van der Waals surface area contributed by atoms with Gasteiger partial charge in [-0.1, -0.05) is 13.8 Å². The van der Waals surface area contributed by atoms with Crippen molar-refractivity contribution in [1.29, 1.82) is 0 Å². The lowest BCUT2D eigenvalue weighted by Gasteiger charge is -2.31. The molecule has 0 aliphatic heterocycles. The van der Waals surface area contributed by atoms with Gasteiger partial charge in [0, 0.05) is 6.04 Å². The number of hydrogen-bond acceptors (Lipinski definition) is 3. The van der Waals surface area contributed by atoms with Crippen molar-refractivity contribution in [3.63, 3.8) is 0 Å². The van der Waals surface area contributed by atoms with Crippen molar-refractivity contribution in [2.75, 3.05) is 12.3 Å². The van der Waals surface area contributed by atoms with Gasteiger partial charge < -0.3 is 10.6 Å². The van der Waals surface area contributed by atoms with Gasteiger partial charge in [-0.2, -0.15) is 13.2 Å². The number of rotatable bonds is 5. The van der Waals surface area contributed by atoms with Gasteiger partial charge in [0.2, 0.25) is 0 Å². The number of halogens is 3. The summed E-state index contributed by atoms with van der Waals surface area (Å²) in [6.45, 7) is 2.29. The van der Waals surface area contributed by atoms with E-state index >= 15 is 0 Å². The standard InChI is InChI=1S/C12H17F3N2OS/c1-3-8(4-2)17(7-12(13,14)15)11(18)10-9(16)5-6-19-10/h5-6,8H,3-4,7,16H2,1-2H3. The summed E-state index contributed by atoms with van der Waals surface area (Å²) < 4.78 is 37.9. The van der Waals surface area contributed by atoms with Crippen LogP contribution in [0.4, 0.5) is 18.9 Å². The summed E-state index contributed by atoms with van der Waals surface area (Å²) in [5.41, 5.74) is 5.84. The third-order valence-electron chi connectivity index (χ3n) is 2.88. The molecule has 0 aliphatic carbocycles. The summed E-state index contributed by atoms with van der Waals surface area (Å²) in [5, 5.41) is 1.60. The number of carbonyl (C=O) groups excluding carboxylic acids is 1. The fourth-order valence-corrected chi connectivity index (χ4v) is 2.69. The fraction of sp³-hybridized carbons (Fsp3) is 0.583. The van der Waals surface area contributed by atoms with Gasteiger partial charge in [-0.3, -0.25) is 4.79 Å². The Kier molecular flexibility index (Phi) is 5.22. The third-order valence-corrected chi connectivity index (χ3v) is 3.80. The average Bonchev–Trinajstić information content (AvgIpc) is 2.73. The summed E-state index contributed by atoms with van der Waals surface area (Å²) in [6, 6.07) is 1.09. The minimum Gasteiger partial charge on any atom is -0.397 e. The van der Waals surface area contributed by atoms with Crippen molar-refractivity contribution in [3.05, 3.63) is 16.3 Å². The van der Waals surface area contributed by atoms with Crippen LogP contribution in [0.3, 0.4) is 0 Å². The number of thiophene rings is 1. The molecule has 1 amide bonds. The summed E-state index contributed by atoms with van der Waals surface area (Å²) in [7, 11) is 0. The Morgan fingerprint density at radius 1 is 1.42 bits per heavy atom. The van der Waals surface area contributed by atoms with Gasteiger partial charge in [0.1, 0.15) is 11.4 Å². The van der Waals surface area contributed by atoms with Crippen LogP contribution in [0.2, 0.25) is 0 Å². The zero-order valence-electron chi connectivity index (χ0n) is 10.8. The van der Waals surface area contributed by atoms with E-state index < -0.39 is 24.7 Å². The van der Waals surface area contributed by atoms with Gasteiger partial charge in [-0.05, 0) is 24.3 Å². The van der Waals surface area contributed by atoms with E-state index in [-0.39, 0.29) is 10.6 Å². The molecule has 0 aliphatic rings. The first-order chi connectivity index (χ1) is 8.80. The molecule has 0 atom stereocenters. The smallest absolute Gasteiger partial charge is 0.397 e. The number of nitrogen functional groups attached to an aromatic ring is 1. The lowest BCUT2D eigenvalue weighted by Crippen LogP contribution is -2.45. The fourth-order valence-electron chi connectivity index (χ4n) is 1.91. The molecule has 1 heterocycles. The van der Waals surface area contributed by atoms with E-state index in [0.29, 0.717) is 12.8 Å². The topological polar surface area (TPSA) is 46.3 Å². The second-order valence-corrected chi connectivity index (χ2v) is 5.14. The molecule has 1 rings (SSSR count). The largest absolute Gasteiger partial charge is 0.406 e. The normalized spacial score (nSPS) is 11.9. The molecule has 0 saturated heterocycles. The van der Waals surface area contributed by atoms with E-state index in [9.17, 15) is 18.0 Å². The number of carbonyl (C=O) groups is 1. The van der Waals surface area contributed by atoms with Crippen LogP contribution >= 0.6 is 11.3 Å². The maximum Gasteiger partial charge on any atom is 0.406 e. The second kappa shape index (κ2) is 6.27. The minimum absolute atomic E-state index is 0.177. The van der Waals surface area contributed by atoms with Gasteiger partial charge in [0.15, 0.2) is 0 Å². The SMILES string of the molecule is CCC(CC)N(CC(F)(F)F)C(=O)c1sccc1N. The zero-order valence-corrected chi connectivity index (χ0v) is 11.6. The van der Waals surface area contributed by atoms with Gasteiger partial charge in [-0.25, -0.2) is 0 Å². The van der Waals surface area contributed by atoms with Gasteiger partial charge in [0.05, 0.1) is 5.69 Å². The molecule has 0 radical (unpaired) electrons. The Bertz CT molecular complexity index is 427. The van der Waals surface area contributed by atoms with E-state index in [1.54, 1.807) is 19.2 Å². The Labute approximate surface area is 114 Å². The molecule has 0 unspecified atom stereocenters. The molecule has 19 heavy (non-hydrogen) atoms. The van der Waals surface area contributed by atoms with Crippen LogP contribution < -0.4 is 5.73 Å². The van der Waals surface area contributed by atoms with Crippen molar-refractivity contribution < 1.29 is 18.0 Å². The van der Waals surface area contributed by atoms with Crippen molar-refractivity contribution in [2.45, 2.75) is 38.9 Å². The molecule has 0 fully saturated rings. The lowest BCUT2D eigenvalue weighted by molar-refractivity contribution is -0.144. The first kappa shape index (κ1) is 15.8. The van der Waals surface area contributed by atoms with Gasteiger partial charge in [0.25, 0.3) is 5.91 Å². The van der Waals surface area contributed by atoms with Crippen LogP contribution in [0, 0.1) is 0 Å². The molecular formula is C12H17F3N2OS. The Hall–Kier alpha value is -1.24. The molecule has 7 heteroatoms. The summed E-state index contributed by atoms with van der Waals surface area (Å²) in [6.07, 6.45) is -3.46. The number of alkyl halides is 3. The quantitative estimate of drug-likeness (QED) is 0.903. The van der Waals surface area contributed by atoms with Crippen LogP contribution in [0.25, 0.3) is 0 Å². The molecule has 2 N–H and O–H groups in total. The van der Waals surface area contributed by atoms with Gasteiger partial charge >= 0.3 is 6.18 Å². The molecule has 0 bridgehead atoms. The zero-order chi connectivity index (χ0) is 14.6. The van der Waals surface area contributed by atoms with Crippen LogP contribution in [-0.4, -0.2) is 29.6 Å². The Balaban J connectivity index is 3.02. The van der Waals surface area contributed by atoms with Crippen molar-refractivity contribution >= 4 is 22.9 Å². The van der Waals surface area contributed by atoms with Crippen molar-refractivity contribution in [3.8, 4) is 0 Å². The number of nitrogens with zero attached hydrogens (tertiary/aromatic N) is 1. The Morgan fingerprint density at radius 2 is 2.00 bits per heavy atom. The van der Waals surface area contributed by atoms with E-state index in [4.69, 9.17) is 5.73 Å². The minimum atomic E-state index is -4.41. The van der Waals surface area contributed by atoms with E-state index in [1.165, 1.54) is 6.07 Å². The molecule has 1 aromatic heterocycles. The first-order valence-corrected chi connectivity index (χ1v) is 6.88. The number of hydrogen-bond donors (Lipinski definition) is 1. The molecule has 1 aromatic rings. The van der Waals surface area contributed by atoms with E-state index in [0.717, 1.165) is 16.2 Å². The van der Waals surface area contributed by atoms with Gasteiger partial charge in [-0.15, -0.1) is 11.3 Å². The second-order valence-electron chi connectivity index (χ2n) is 4.22. The van der Waals surface area contributed by atoms with Crippen LogP contribution in [0.5, 0.6) is 0 Å². The van der Waals surface area contributed by atoms with Crippen LogP contribution in [-0.2, 0) is 0 Å². The number of amides is 1. The maximum atomic E-state index is 12.6. The molecule has 0 saturated carbocycles. The highest BCUT2D eigenvalue weighted by atomic mass is 32.1. The molecular weight excluding hydrogens is 277 g/mol. The maximum absolute atomic E-state index is 12.6. The van der Waals surface area contributed by atoms with E-state index in [2.05, 4.69) is 0 Å². The third kappa shape index (κ3) is 4.12. The molecule has 108 valence electrons. The van der Waals surface area contributed by atoms with Crippen LogP contribution in [0.15, 0.2) is 11.4 Å². The summed E-state index contributed by atoms with van der Waals surface area (Å²) in [4.78, 5) is 13.3. The first-order valence-electron chi connectivity index (χ1n) is 6.00. The Morgan fingerprint density at radius 3 is 2.37 bits per heavy atom. The average molecular weight is 294 g/mol. The van der Waals surface area contributed by atoms with Crippen molar-refractivity contribution in [1.82, 2.24) is 4.90 Å².